The highest BCUT2D eigenvalue weighted by Crippen LogP contribution is 2.22. The number of unbranched alkanes of at least 4 members (excludes halogenated alkanes) is 3. The van der Waals surface area contributed by atoms with Crippen LogP contribution < -0.4 is 6.15 Å². The quantitative estimate of drug-likeness (QED) is 0.614. The largest absolute Gasteiger partial charge is 0.344 e. The van der Waals surface area contributed by atoms with E-state index in [1.54, 1.807) is 0 Å². The summed E-state index contributed by atoms with van der Waals surface area (Å²) in [4.78, 5) is 0. The first-order valence-electron chi connectivity index (χ1n) is 4.56. The summed E-state index contributed by atoms with van der Waals surface area (Å²) in [6.07, 6.45) is 6.98. The standard InChI is InChI=1S/C10H22.H3N/c1-5-6-7-8-9-10(2,3)4;/h5-9H2,1-4H3;1H3. The van der Waals surface area contributed by atoms with Crippen molar-refractivity contribution in [1.29, 1.82) is 0 Å². The van der Waals surface area contributed by atoms with E-state index in [1.807, 2.05) is 0 Å². The van der Waals surface area contributed by atoms with Gasteiger partial charge in [-0.15, -0.1) is 0 Å². The molecule has 0 saturated heterocycles. The first-order valence-corrected chi connectivity index (χ1v) is 4.56. The summed E-state index contributed by atoms with van der Waals surface area (Å²) in [7, 11) is 0. The van der Waals surface area contributed by atoms with Crippen molar-refractivity contribution in [1.82, 2.24) is 6.15 Å². The molecule has 3 N–H and O–H groups in total. The van der Waals surface area contributed by atoms with Crippen LogP contribution in [0.3, 0.4) is 0 Å². The van der Waals surface area contributed by atoms with E-state index in [-0.39, 0.29) is 6.15 Å². The van der Waals surface area contributed by atoms with E-state index in [9.17, 15) is 0 Å². The lowest BCUT2D eigenvalue weighted by Gasteiger charge is -2.17. The Labute approximate surface area is 72.2 Å². The van der Waals surface area contributed by atoms with Gasteiger partial charge in [-0.05, 0) is 11.8 Å². The second-order valence-corrected chi connectivity index (χ2v) is 4.37. The van der Waals surface area contributed by atoms with Crippen molar-refractivity contribution in [2.45, 2.75) is 59.8 Å². The molecule has 0 bridgehead atoms. The van der Waals surface area contributed by atoms with E-state index in [0.29, 0.717) is 5.41 Å². The molecule has 0 amide bonds. The van der Waals surface area contributed by atoms with Gasteiger partial charge in [-0.2, -0.15) is 0 Å². The molecule has 0 aromatic carbocycles. The summed E-state index contributed by atoms with van der Waals surface area (Å²) in [5, 5.41) is 0. The number of hydrogen-bond acceptors (Lipinski definition) is 1. The minimum Gasteiger partial charge on any atom is -0.344 e. The summed E-state index contributed by atoms with van der Waals surface area (Å²) < 4.78 is 0. The fraction of sp³-hybridized carbons (Fsp3) is 1.00. The Hall–Kier alpha value is -0.0400. The Bertz CT molecular complexity index is 71.4. The van der Waals surface area contributed by atoms with Crippen molar-refractivity contribution >= 4 is 0 Å². The zero-order chi connectivity index (χ0) is 8.04. The van der Waals surface area contributed by atoms with Crippen LogP contribution in [0.4, 0.5) is 0 Å². The molecular formula is C10H25N. The highest BCUT2D eigenvalue weighted by molar-refractivity contribution is 4.60. The molecule has 0 heterocycles. The van der Waals surface area contributed by atoms with Crippen LogP contribution in [0.15, 0.2) is 0 Å². The third kappa shape index (κ3) is 13.0. The molecule has 0 aliphatic heterocycles. The van der Waals surface area contributed by atoms with Crippen molar-refractivity contribution in [2.24, 2.45) is 5.41 Å². The van der Waals surface area contributed by atoms with Crippen LogP contribution in [0, 0.1) is 5.41 Å². The molecule has 0 aromatic rings. The van der Waals surface area contributed by atoms with Crippen molar-refractivity contribution in [3.05, 3.63) is 0 Å². The van der Waals surface area contributed by atoms with Crippen LogP contribution >= 0.6 is 0 Å². The van der Waals surface area contributed by atoms with Crippen molar-refractivity contribution in [2.75, 3.05) is 0 Å². The lowest BCUT2D eigenvalue weighted by atomic mass is 9.89. The Morgan fingerprint density at radius 2 is 1.45 bits per heavy atom. The van der Waals surface area contributed by atoms with Gasteiger partial charge in [-0.25, -0.2) is 0 Å². The third-order valence-corrected chi connectivity index (χ3v) is 1.78. The van der Waals surface area contributed by atoms with Crippen LogP contribution in [-0.2, 0) is 0 Å². The van der Waals surface area contributed by atoms with Gasteiger partial charge in [0.2, 0.25) is 0 Å². The van der Waals surface area contributed by atoms with E-state index >= 15 is 0 Å². The summed E-state index contributed by atoms with van der Waals surface area (Å²) in [6.45, 7) is 9.22. The fourth-order valence-corrected chi connectivity index (χ4v) is 1.08. The lowest BCUT2D eigenvalue weighted by molar-refractivity contribution is 0.358. The molecule has 0 fully saturated rings. The van der Waals surface area contributed by atoms with Crippen LogP contribution in [-0.4, -0.2) is 0 Å². The topological polar surface area (TPSA) is 35.0 Å². The van der Waals surface area contributed by atoms with Gasteiger partial charge >= 0.3 is 0 Å². The number of rotatable bonds is 4. The Morgan fingerprint density at radius 1 is 0.909 bits per heavy atom. The Balaban J connectivity index is 0. The average molecular weight is 159 g/mol. The SMILES string of the molecule is CCCCCCC(C)(C)C.N. The maximum Gasteiger partial charge on any atom is -0.0383 e. The molecule has 0 aliphatic carbocycles. The molecule has 0 aliphatic rings. The van der Waals surface area contributed by atoms with Crippen LogP contribution in [0.1, 0.15) is 59.8 Å². The number of hydrogen-bond donors (Lipinski definition) is 1. The Morgan fingerprint density at radius 3 is 1.82 bits per heavy atom. The maximum atomic E-state index is 2.32. The van der Waals surface area contributed by atoms with Gasteiger partial charge in [0.15, 0.2) is 0 Å². The first-order chi connectivity index (χ1) is 4.56. The lowest BCUT2D eigenvalue weighted by Crippen LogP contribution is -2.03. The van der Waals surface area contributed by atoms with Gasteiger partial charge in [-0.3, -0.25) is 0 Å². The van der Waals surface area contributed by atoms with E-state index < -0.39 is 0 Å². The van der Waals surface area contributed by atoms with Gasteiger partial charge in [0.05, 0.1) is 0 Å². The van der Waals surface area contributed by atoms with E-state index in [0.717, 1.165) is 0 Å². The molecule has 1 heteroatoms. The molecular weight excluding hydrogens is 134 g/mol. The smallest absolute Gasteiger partial charge is 0.0383 e. The molecule has 0 unspecified atom stereocenters. The summed E-state index contributed by atoms with van der Waals surface area (Å²) in [6, 6.07) is 0. The molecule has 11 heavy (non-hydrogen) atoms. The predicted octanol–water partition coefficient (Wildman–Crippen LogP) is 4.16. The molecule has 0 saturated carbocycles. The summed E-state index contributed by atoms with van der Waals surface area (Å²) >= 11 is 0. The Kier molecular flexibility index (Phi) is 8.20. The van der Waals surface area contributed by atoms with Crippen LogP contribution in [0.5, 0.6) is 0 Å². The predicted molar refractivity (Wildman–Crippen MR) is 53.2 cm³/mol. The third-order valence-electron chi connectivity index (χ3n) is 1.78. The normalized spacial score (nSPS) is 10.9. The average Bonchev–Trinajstić information content (AvgIpc) is 1.78. The minimum absolute atomic E-state index is 0. The van der Waals surface area contributed by atoms with E-state index in [4.69, 9.17) is 0 Å². The van der Waals surface area contributed by atoms with Gasteiger partial charge in [0.1, 0.15) is 0 Å². The molecule has 70 valence electrons. The first kappa shape index (κ1) is 13.5. The molecule has 0 aromatic heterocycles. The van der Waals surface area contributed by atoms with Crippen LogP contribution in [0.2, 0.25) is 0 Å². The molecule has 0 atom stereocenters. The van der Waals surface area contributed by atoms with E-state index in [2.05, 4.69) is 27.7 Å². The van der Waals surface area contributed by atoms with Gasteiger partial charge in [0.25, 0.3) is 0 Å². The zero-order valence-electron chi connectivity index (χ0n) is 8.74. The maximum absolute atomic E-state index is 2.32. The molecule has 0 radical (unpaired) electrons. The molecule has 0 rings (SSSR count). The van der Waals surface area contributed by atoms with Crippen molar-refractivity contribution in [3.8, 4) is 0 Å². The zero-order valence-corrected chi connectivity index (χ0v) is 8.74. The second kappa shape index (κ2) is 6.66. The minimum atomic E-state index is 0. The summed E-state index contributed by atoms with van der Waals surface area (Å²) in [5.41, 5.74) is 0.549. The molecule has 0 spiro atoms. The monoisotopic (exact) mass is 159 g/mol. The fourth-order valence-electron chi connectivity index (χ4n) is 1.08. The second-order valence-electron chi connectivity index (χ2n) is 4.37. The van der Waals surface area contributed by atoms with Gasteiger partial charge < -0.3 is 6.15 Å². The highest BCUT2D eigenvalue weighted by atomic mass is 14.1. The molecule has 1 nitrogen and oxygen atoms in total. The highest BCUT2D eigenvalue weighted by Gasteiger charge is 2.08. The van der Waals surface area contributed by atoms with Crippen molar-refractivity contribution < 1.29 is 0 Å². The van der Waals surface area contributed by atoms with Crippen LogP contribution in [0.25, 0.3) is 0 Å². The van der Waals surface area contributed by atoms with E-state index in [1.165, 1.54) is 32.1 Å². The summed E-state index contributed by atoms with van der Waals surface area (Å²) in [5.74, 6) is 0. The van der Waals surface area contributed by atoms with Crippen molar-refractivity contribution in [3.63, 3.8) is 0 Å². The van der Waals surface area contributed by atoms with Gasteiger partial charge in [-0.1, -0.05) is 53.4 Å². The van der Waals surface area contributed by atoms with Gasteiger partial charge in [0, 0.05) is 0 Å².